The minimum atomic E-state index is -0.469. The number of hydrogen-bond donors (Lipinski definition) is 1. The van der Waals surface area contributed by atoms with Crippen LogP contribution in [0.5, 0.6) is 0 Å². The molecule has 1 N–H and O–H groups in total. The van der Waals surface area contributed by atoms with E-state index < -0.39 is 6.09 Å². The van der Waals surface area contributed by atoms with E-state index in [9.17, 15) is 4.79 Å². The molecule has 214 valence electrons. The molecular formula is C29H43FN6O3. The largest absolute Gasteiger partial charge is 0.447 e. The second kappa shape index (κ2) is 11.3. The number of carbonyl (C=O) groups excluding carboxylic acids is 1. The molecule has 10 heteroatoms. The number of piperazine rings is 1. The highest BCUT2D eigenvalue weighted by Crippen LogP contribution is 2.28. The van der Waals surface area contributed by atoms with E-state index in [0.29, 0.717) is 23.9 Å². The summed E-state index contributed by atoms with van der Waals surface area (Å²) in [5, 5.41) is 3.25. The normalized spacial score (nSPS) is 22.0. The number of aromatic nitrogens is 2. The van der Waals surface area contributed by atoms with Crippen LogP contribution < -0.4 is 10.2 Å². The maximum absolute atomic E-state index is 15.2. The zero-order valence-electron chi connectivity index (χ0n) is 24.5. The van der Waals surface area contributed by atoms with Gasteiger partial charge in [0.2, 0.25) is 5.95 Å². The molecule has 1 aromatic heterocycles. The Labute approximate surface area is 231 Å². The van der Waals surface area contributed by atoms with E-state index in [4.69, 9.17) is 9.47 Å². The minimum absolute atomic E-state index is 0.0606. The predicted molar refractivity (Wildman–Crippen MR) is 150 cm³/mol. The predicted octanol–water partition coefficient (Wildman–Crippen LogP) is 4.84. The van der Waals surface area contributed by atoms with Gasteiger partial charge in [-0.3, -0.25) is 14.7 Å². The standard InChI is InChI=1S/C29H43FN6O3/c1-19(21-9-10-22(23(30)15-21)16-35-14-13-34(8)29(6,7)18-35)32-26-31-12-11-25(33-26)36-24(17-38-27(36)37)20(2)39-28(3,4)5/h9-12,15,19-20,24H,13-14,16-18H2,1-8H3,(H,31,32,33)/t19-,20-,24+/m0/s1. The molecule has 3 atom stereocenters. The van der Waals surface area contributed by atoms with Gasteiger partial charge < -0.3 is 14.8 Å². The van der Waals surface area contributed by atoms with Gasteiger partial charge in [0.25, 0.3) is 0 Å². The summed E-state index contributed by atoms with van der Waals surface area (Å²) in [6.07, 6.45) is 0.861. The number of anilines is 2. The number of rotatable bonds is 8. The molecule has 39 heavy (non-hydrogen) atoms. The van der Waals surface area contributed by atoms with Gasteiger partial charge >= 0.3 is 6.09 Å². The fourth-order valence-electron chi connectivity index (χ4n) is 5.19. The van der Waals surface area contributed by atoms with Crippen LogP contribution in [0.25, 0.3) is 0 Å². The Morgan fingerprint density at radius 3 is 2.64 bits per heavy atom. The monoisotopic (exact) mass is 542 g/mol. The molecular weight excluding hydrogens is 499 g/mol. The van der Waals surface area contributed by atoms with Crippen LogP contribution in [0.4, 0.5) is 21.0 Å². The average Bonchev–Trinajstić information content (AvgIpc) is 3.23. The van der Waals surface area contributed by atoms with E-state index in [1.54, 1.807) is 18.3 Å². The van der Waals surface area contributed by atoms with Gasteiger partial charge in [0.1, 0.15) is 24.3 Å². The van der Waals surface area contributed by atoms with Gasteiger partial charge in [-0.25, -0.2) is 14.2 Å². The quantitative estimate of drug-likeness (QED) is 0.507. The number of benzene rings is 1. The van der Waals surface area contributed by atoms with Crippen LogP contribution in [-0.2, 0) is 16.0 Å². The molecule has 3 heterocycles. The first-order chi connectivity index (χ1) is 18.2. The van der Waals surface area contributed by atoms with Crippen molar-refractivity contribution in [2.75, 3.05) is 43.5 Å². The Kier molecular flexibility index (Phi) is 8.49. The SMILES string of the molecule is C[C@H](Nc1nccc(N2C(=O)OC[C@@H]2[C@H](C)OC(C)(C)C)n1)c1ccc(CN2CCN(C)C(C)(C)C2)c(F)c1. The van der Waals surface area contributed by atoms with Crippen LogP contribution in [0, 0.1) is 5.82 Å². The summed E-state index contributed by atoms with van der Waals surface area (Å²) in [6.45, 7) is 17.8. The van der Waals surface area contributed by atoms with Crippen molar-refractivity contribution in [1.29, 1.82) is 0 Å². The van der Waals surface area contributed by atoms with Crippen molar-refractivity contribution < 1.29 is 18.7 Å². The zero-order valence-corrected chi connectivity index (χ0v) is 24.5. The van der Waals surface area contributed by atoms with E-state index in [1.165, 1.54) is 4.90 Å². The van der Waals surface area contributed by atoms with Gasteiger partial charge in [-0.2, -0.15) is 4.98 Å². The summed E-state index contributed by atoms with van der Waals surface area (Å²) in [4.78, 5) is 27.7. The van der Waals surface area contributed by atoms with E-state index >= 15 is 4.39 Å². The first kappa shape index (κ1) is 29.2. The number of hydrogen-bond acceptors (Lipinski definition) is 8. The fraction of sp³-hybridized carbons (Fsp3) is 0.621. The number of nitrogens with zero attached hydrogens (tertiary/aromatic N) is 5. The number of halogens is 1. The third kappa shape index (κ3) is 7.04. The van der Waals surface area contributed by atoms with Gasteiger partial charge in [0, 0.05) is 43.5 Å². The van der Waals surface area contributed by atoms with Gasteiger partial charge in [0.15, 0.2) is 0 Å². The molecule has 0 saturated carbocycles. The molecule has 2 aromatic rings. The van der Waals surface area contributed by atoms with Crippen molar-refractivity contribution in [3.8, 4) is 0 Å². The Hall–Kier alpha value is -2.82. The molecule has 2 aliphatic rings. The zero-order chi connectivity index (χ0) is 28.5. The molecule has 1 amide bonds. The fourth-order valence-corrected chi connectivity index (χ4v) is 5.19. The van der Waals surface area contributed by atoms with Crippen molar-refractivity contribution in [3.63, 3.8) is 0 Å². The van der Waals surface area contributed by atoms with Crippen LogP contribution in [0.1, 0.15) is 65.6 Å². The number of carbonyl (C=O) groups is 1. The molecule has 0 spiro atoms. The van der Waals surface area contributed by atoms with Gasteiger partial charge in [-0.05, 0) is 73.2 Å². The Bertz CT molecular complexity index is 1170. The lowest BCUT2D eigenvalue weighted by molar-refractivity contribution is -0.0618. The molecule has 0 radical (unpaired) electrons. The van der Waals surface area contributed by atoms with Crippen molar-refractivity contribution in [2.45, 2.75) is 84.3 Å². The molecule has 0 aliphatic carbocycles. The Morgan fingerprint density at radius 2 is 1.97 bits per heavy atom. The molecule has 2 saturated heterocycles. The van der Waals surface area contributed by atoms with Crippen molar-refractivity contribution in [3.05, 3.63) is 47.4 Å². The summed E-state index contributed by atoms with van der Waals surface area (Å²) in [5.41, 5.74) is 1.17. The van der Waals surface area contributed by atoms with Crippen LogP contribution in [-0.4, -0.2) is 82.4 Å². The van der Waals surface area contributed by atoms with Gasteiger partial charge in [-0.15, -0.1) is 0 Å². The summed E-state index contributed by atoms with van der Waals surface area (Å²) in [5.74, 6) is 0.545. The lowest BCUT2D eigenvalue weighted by atomic mass is 9.99. The molecule has 2 aliphatic heterocycles. The molecule has 1 aromatic carbocycles. The second-order valence-electron chi connectivity index (χ2n) is 12.3. The van der Waals surface area contributed by atoms with E-state index in [-0.39, 0.29) is 41.8 Å². The first-order valence-electron chi connectivity index (χ1n) is 13.7. The molecule has 9 nitrogen and oxygen atoms in total. The van der Waals surface area contributed by atoms with E-state index in [2.05, 4.69) is 46.0 Å². The van der Waals surface area contributed by atoms with Gasteiger partial charge in [0.05, 0.1) is 17.7 Å². The number of amides is 1. The lowest BCUT2D eigenvalue weighted by Gasteiger charge is -2.45. The minimum Gasteiger partial charge on any atom is -0.447 e. The van der Waals surface area contributed by atoms with E-state index in [1.807, 2.05) is 46.8 Å². The Balaban J connectivity index is 1.43. The van der Waals surface area contributed by atoms with Crippen LogP contribution >= 0.6 is 0 Å². The Morgan fingerprint density at radius 1 is 1.23 bits per heavy atom. The number of likely N-dealkylation sites (N-methyl/N-ethyl adjacent to an activating group) is 1. The molecule has 0 bridgehead atoms. The van der Waals surface area contributed by atoms with Gasteiger partial charge in [-0.1, -0.05) is 12.1 Å². The second-order valence-corrected chi connectivity index (χ2v) is 12.3. The van der Waals surface area contributed by atoms with E-state index in [0.717, 1.165) is 25.2 Å². The molecule has 2 fully saturated rings. The maximum Gasteiger partial charge on any atom is 0.416 e. The summed E-state index contributed by atoms with van der Waals surface area (Å²) < 4.78 is 26.6. The van der Waals surface area contributed by atoms with Crippen LogP contribution in [0.15, 0.2) is 30.5 Å². The summed E-state index contributed by atoms with van der Waals surface area (Å²) >= 11 is 0. The molecule has 0 unspecified atom stereocenters. The summed E-state index contributed by atoms with van der Waals surface area (Å²) in [7, 11) is 2.14. The summed E-state index contributed by atoms with van der Waals surface area (Å²) in [6, 6.07) is 6.50. The van der Waals surface area contributed by atoms with Crippen molar-refractivity contribution in [1.82, 2.24) is 19.8 Å². The smallest absolute Gasteiger partial charge is 0.416 e. The maximum atomic E-state index is 15.2. The highest BCUT2D eigenvalue weighted by Gasteiger charge is 2.40. The number of ether oxygens (including phenoxy) is 2. The average molecular weight is 543 g/mol. The van der Waals surface area contributed by atoms with Crippen LogP contribution in [0.3, 0.4) is 0 Å². The first-order valence-corrected chi connectivity index (χ1v) is 13.7. The van der Waals surface area contributed by atoms with Crippen molar-refractivity contribution >= 4 is 17.9 Å². The lowest BCUT2D eigenvalue weighted by Crippen LogP contribution is -2.57. The third-order valence-corrected chi connectivity index (χ3v) is 7.59. The van der Waals surface area contributed by atoms with Crippen molar-refractivity contribution in [2.24, 2.45) is 0 Å². The topological polar surface area (TPSA) is 83.1 Å². The highest BCUT2D eigenvalue weighted by molar-refractivity contribution is 5.89. The number of cyclic esters (lactones) is 1. The molecule has 4 rings (SSSR count). The highest BCUT2D eigenvalue weighted by atomic mass is 19.1. The van der Waals surface area contributed by atoms with Crippen LogP contribution in [0.2, 0.25) is 0 Å². The third-order valence-electron chi connectivity index (χ3n) is 7.59. The number of nitrogens with one attached hydrogen (secondary N) is 1.